The second kappa shape index (κ2) is 9.01. The average Bonchev–Trinajstić information content (AvgIpc) is 3.27. The van der Waals surface area contributed by atoms with Crippen LogP contribution in [-0.2, 0) is 11.3 Å². The molecule has 1 aliphatic rings. The maximum absolute atomic E-state index is 12.2. The van der Waals surface area contributed by atoms with E-state index >= 15 is 0 Å². The van der Waals surface area contributed by atoms with Gasteiger partial charge in [0.1, 0.15) is 16.9 Å². The molecule has 26 heavy (non-hydrogen) atoms. The summed E-state index contributed by atoms with van der Waals surface area (Å²) in [6.07, 6.45) is 7.90. The number of hydrogen-bond donors (Lipinski definition) is 1. The number of hydrogen-bond acceptors (Lipinski definition) is 6. The topological polar surface area (TPSA) is 83.6 Å². The van der Waals surface area contributed by atoms with Gasteiger partial charge in [0.15, 0.2) is 5.16 Å². The predicted molar refractivity (Wildman–Crippen MR) is 104 cm³/mol. The van der Waals surface area contributed by atoms with Gasteiger partial charge in [-0.25, -0.2) is 0 Å². The number of carbonyl (C=O) groups excluding carboxylic acids is 1. The van der Waals surface area contributed by atoms with Crippen molar-refractivity contribution >= 4 is 34.0 Å². The molecule has 0 aliphatic heterocycles. The van der Waals surface area contributed by atoms with Gasteiger partial charge in [-0.15, -0.1) is 28.1 Å². The molecule has 2 aromatic heterocycles. The van der Waals surface area contributed by atoms with E-state index in [-0.39, 0.29) is 11.7 Å². The molecule has 3 rings (SSSR count). The van der Waals surface area contributed by atoms with Crippen LogP contribution in [0, 0.1) is 11.3 Å². The van der Waals surface area contributed by atoms with Crippen LogP contribution in [0.2, 0.25) is 0 Å². The molecule has 1 amide bonds. The third-order valence-electron chi connectivity index (χ3n) is 4.40. The number of aromatic nitrogens is 3. The SMILES string of the molecule is C=CCn1c(SCC(=O)Nc2sccc2C#N)nnc1C1CCCCC1. The Labute approximate surface area is 161 Å². The first-order chi connectivity index (χ1) is 12.7. The van der Waals surface area contributed by atoms with Gasteiger partial charge in [-0.3, -0.25) is 4.79 Å². The van der Waals surface area contributed by atoms with E-state index in [0.29, 0.717) is 23.0 Å². The Morgan fingerprint density at radius 2 is 2.27 bits per heavy atom. The standard InChI is InChI=1S/C18H21N5OS2/c1-2-9-23-16(13-6-4-3-5-7-13)21-22-18(23)26-12-15(24)20-17-14(11-19)8-10-25-17/h2,8,10,13H,1,3-7,9,12H2,(H,20,24). The highest BCUT2D eigenvalue weighted by Gasteiger charge is 2.23. The van der Waals surface area contributed by atoms with E-state index in [4.69, 9.17) is 5.26 Å². The lowest BCUT2D eigenvalue weighted by Gasteiger charge is -2.21. The van der Waals surface area contributed by atoms with Crippen LogP contribution in [-0.4, -0.2) is 26.4 Å². The number of thiophene rings is 1. The molecule has 8 heteroatoms. The molecule has 0 radical (unpaired) electrons. The number of anilines is 1. The van der Waals surface area contributed by atoms with E-state index in [1.165, 1.54) is 42.4 Å². The van der Waals surface area contributed by atoms with Gasteiger partial charge < -0.3 is 9.88 Å². The molecule has 0 saturated heterocycles. The monoisotopic (exact) mass is 387 g/mol. The largest absolute Gasteiger partial charge is 0.316 e. The first-order valence-corrected chi connectivity index (χ1v) is 10.5. The highest BCUT2D eigenvalue weighted by Crippen LogP contribution is 2.33. The number of amides is 1. The maximum Gasteiger partial charge on any atom is 0.235 e. The molecule has 0 aromatic carbocycles. The average molecular weight is 388 g/mol. The summed E-state index contributed by atoms with van der Waals surface area (Å²) in [4.78, 5) is 12.2. The molecule has 2 heterocycles. The molecule has 0 spiro atoms. The number of nitriles is 1. The van der Waals surface area contributed by atoms with Crippen LogP contribution in [0.5, 0.6) is 0 Å². The third kappa shape index (κ3) is 4.34. The van der Waals surface area contributed by atoms with Gasteiger partial charge in [0.05, 0.1) is 11.3 Å². The first-order valence-electron chi connectivity index (χ1n) is 8.67. The molecule has 136 valence electrons. The fourth-order valence-corrected chi connectivity index (χ4v) is 4.67. The third-order valence-corrected chi connectivity index (χ3v) is 6.20. The Morgan fingerprint density at radius 3 is 3.00 bits per heavy atom. The van der Waals surface area contributed by atoms with E-state index in [2.05, 4.69) is 32.7 Å². The second-order valence-electron chi connectivity index (χ2n) is 6.19. The number of nitrogens with zero attached hydrogens (tertiary/aromatic N) is 4. The van der Waals surface area contributed by atoms with Crippen LogP contribution in [0.1, 0.15) is 49.4 Å². The van der Waals surface area contributed by atoms with Crippen molar-refractivity contribution in [3.63, 3.8) is 0 Å². The second-order valence-corrected chi connectivity index (χ2v) is 8.05. The maximum atomic E-state index is 12.2. The Hall–Kier alpha value is -2.11. The predicted octanol–water partition coefficient (Wildman–Crippen LogP) is 4.18. The van der Waals surface area contributed by atoms with Crippen molar-refractivity contribution in [1.82, 2.24) is 14.8 Å². The summed E-state index contributed by atoms with van der Waals surface area (Å²) in [7, 11) is 0. The van der Waals surface area contributed by atoms with Gasteiger partial charge in [-0.1, -0.05) is 37.1 Å². The summed E-state index contributed by atoms with van der Waals surface area (Å²) < 4.78 is 2.08. The van der Waals surface area contributed by atoms with Crippen molar-refractivity contribution in [2.45, 2.75) is 49.7 Å². The smallest absolute Gasteiger partial charge is 0.235 e. The van der Waals surface area contributed by atoms with Crippen molar-refractivity contribution in [3.05, 3.63) is 35.5 Å². The summed E-state index contributed by atoms with van der Waals surface area (Å²) >= 11 is 2.71. The minimum Gasteiger partial charge on any atom is -0.316 e. The van der Waals surface area contributed by atoms with E-state index in [1.54, 1.807) is 11.4 Å². The minimum absolute atomic E-state index is 0.152. The molecule has 1 N–H and O–H groups in total. The normalized spacial score (nSPS) is 14.7. The quantitative estimate of drug-likeness (QED) is 0.569. The molecule has 6 nitrogen and oxygen atoms in total. The summed E-state index contributed by atoms with van der Waals surface area (Å²) in [6.45, 7) is 4.48. The summed E-state index contributed by atoms with van der Waals surface area (Å²) in [5.41, 5.74) is 0.489. The Morgan fingerprint density at radius 1 is 1.46 bits per heavy atom. The van der Waals surface area contributed by atoms with Crippen molar-refractivity contribution < 1.29 is 4.79 Å². The lowest BCUT2D eigenvalue weighted by molar-refractivity contribution is -0.113. The highest BCUT2D eigenvalue weighted by molar-refractivity contribution is 7.99. The van der Waals surface area contributed by atoms with Gasteiger partial charge in [-0.2, -0.15) is 5.26 Å². The van der Waals surface area contributed by atoms with Crippen LogP contribution < -0.4 is 5.32 Å². The summed E-state index contributed by atoms with van der Waals surface area (Å²) in [5, 5.41) is 23.7. The van der Waals surface area contributed by atoms with Gasteiger partial charge in [-0.05, 0) is 24.3 Å². The van der Waals surface area contributed by atoms with Gasteiger partial charge >= 0.3 is 0 Å². The number of thioether (sulfide) groups is 1. The first kappa shape index (κ1) is 18.7. The zero-order valence-corrected chi connectivity index (χ0v) is 16.1. The molecule has 0 atom stereocenters. The molecule has 2 aromatic rings. The molecule has 1 saturated carbocycles. The van der Waals surface area contributed by atoms with Crippen LogP contribution in [0.3, 0.4) is 0 Å². The Kier molecular flexibility index (Phi) is 6.47. The van der Waals surface area contributed by atoms with E-state index in [0.717, 1.165) is 23.8 Å². The van der Waals surface area contributed by atoms with Gasteiger partial charge in [0, 0.05) is 12.5 Å². The minimum atomic E-state index is -0.152. The lowest BCUT2D eigenvalue weighted by Crippen LogP contribution is -2.15. The lowest BCUT2D eigenvalue weighted by atomic mass is 9.89. The number of carbonyl (C=O) groups is 1. The Balaban J connectivity index is 1.65. The fraction of sp³-hybridized carbons (Fsp3) is 0.444. The molecular weight excluding hydrogens is 366 g/mol. The van der Waals surface area contributed by atoms with Gasteiger partial charge in [0.2, 0.25) is 5.91 Å². The number of rotatable bonds is 7. The molecule has 0 unspecified atom stereocenters. The fourth-order valence-electron chi connectivity index (χ4n) is 3.16. The zero-order valence-electron chi connectivity index (χ0n) is 14.5. The van der Waals surface area contributed by atoms with Crippen LogP contribution in [0.25, 0.3) is 0 Å². The molecule has 0 bridgehead atoms. The van der Waals surface area contributed by atoms with Crippen molar-refractivity contribution in [2.75, 3.05) is 11.1 Å². The van der Waals surface area contributed by atoms with E-state index in [1.807, 2.05) is 6.08 Å². The van der Waals surface area contributed by atoms with Gasteiger partial charge in [0.25, 0.3) is 0 Å². The molecule has 1 fully saturated rings. The number of nitrogens with one attached hydrogen (secondary N) is 1. The van der Waals surface area contributed by atoms with Crippen molar-refractivity contribution in [3.8, 4) is 6.07 Å². The zero-order chi connectivity index (χ0) is 18.4. The van der Waals surface area contributed by atoms with E-state index < -0.39 is 0 Å². The van der Waals surface area contributed by atoms with Crippen LogP contribution >= 0.6 is 23.1 Å². The highest BCUT2D eigenvalue weighted by atomic mass is 32.2. The molecule has 1 aliphatic carbocycles. The summed E-state index contributed by atoms with van der Waals surface area (Å²) in [6, 6.07) is 3.77. The van der Waals surface area contributed by atoms with Crippen molar-refractivity contribution in [1.29, 1.82) is 5.26 Å². The van der Waals surface area contributed by atoms with Crippen LogP contribution in [0.15, 0.2) is 29.3 Å². The summed E-state index contributed by atoms with van der Waals surface area (Å²) in [5.74, 6) is 1.53. The number of allylic oxidation sites excluding steroid dienone is 1. The van der Waals surface area contributed by atoms with Crippen molar-refractivity contribution in [2.24, 2.45) is 0 Å². The van der Waals surface area contributed by atoms with Crippen LogP contribution in [0.4, 0.5) is 5.00 Å². The van der Waals surface area contributed by atoms with E-state index in [9.17, 15) is 4.79 Å². The Bertz CT molecular complexity index is 814. The molecular formula is C18H21N5OS2.